The van der Waals surface area contributed by atoms with E-state index in [0.717, 1.165) is 5.75 Å². The van der Waals surface area contributed by atoms with Crippen LogP contribution in [0.25, 0.3) is 0 Å². The van der Waals surface area contributed by atoms with Crippen molar-refractivity contribution < 1.29 is 14.3 Å². The molecule has 0 saturated carbocycles. The normalized spacial score (nSPS) is 10.2. The number of halogens is 1. The second-order valence-corrected chi connectivity index (χ2v) is 6.39. The summed E-state index contributed by atoms with van der Waals surface area (Å²) in [6.07, 6.45) is 0. The maximum Gasteiger partial charge on any atom is 0.255 e. The first-order chi connectivity index (χ1) is 13.5. The van der Waals surface area contributed by atoms with Crippen molar-refractivity contribution in [3.63, 3.8) is 0 Å². The Kier molecular flexibility index (Phi) is 6.29. The molecule has 3 aromatic carbocycles. The van der Waals surface area contributed by atoms with Gasteiger partial charge in [0.25, 0.3) is 11.8 Å². The molecule has 0 bridgehead atoms. The minimum atomic E-state index is -0.263. The summed E-state index contributed by atoms with van der Waals surface area (Å²) in [5, 5.41) is 6.19. The largest absolute Gasteiger partial charge is 0.494 e. The van der Waals surface area contributed by atoms with Crippen LogP contribution >= 0.6 is 11.6 Å². The molecule has 5 nitrogen and oxygen atoms in total. The lowest BCUT2D eigenvalue weighted by Gasteiger charge is -2.08. The van der Waals surface area contributed by atoms with E-state index >= 15 is 0 Å². The van der Waals surface area contributed by atoms with Crippen molar-refractivity contribution in [3.8, 4) is 5.75 Å². The van der Waals surface area contributed by atoms with Crippen molar-refractivity contribution in [2.24, 2.45) is 0 Å². The van der Waals surface area contributed by atoms with Gasteiger partial charge < -0.3 is 15.4 Å². The lowest BCUT2D eigenvalue weighted by molar-refractivity contribution is 0.101. The molecule has 6 heteroatoms. The molecular weight excluding hydrogens is 376 g/mol. The van der Waals surface area contributed by atoms with Crippen LogP contribution in [0.1, 0.15) is 27.6 Å². The molecule has 28 heavy (non-hydrogen) atoms. The van der Waals surface area contributed by atoms with E-state index < -0.39 is 0 Å². The smallest absolute Gasteiger partial charge is 0.255 e. The van der Waals surface area contributed by atoms with Crippen LogP contribution in [0, 0.1) is 0 Å². The van der Waals surface area contributed by atoms with E-state index in [1.807, 2.05) is 6.92 Å². The molecule has 0 heterocycles. The summed E-state index contributed by atoms with van der Waals surface area (Å²) >= 11 is 5.84. The standard InChI is InChI=1S/C22H19ClN2O3/c1-2-28-20-13-11-19(12-14-20)25-22(27)16-5-3-15(4-6-16)21(26)24-18-9-7-17(23)8-10-18/h3-14H,2H2,1H3,(H,24,26)(H,25,27). The molecule has 2 N–H and O–H groups in total. The second kappa shape index (κ2) is 9.06. The molecule has 0 saturated heterocycles. The predicted molar refractivity (Wildman–Crippen MR) is 111 cm³/mol. The van der Waals surface area contributed by atoms with Crippen LogP contribution in [0.5, 0.6) is 5.75 Å². The maximum absolute atomic E-state index is 12.4. The van der Waals surface area contributed by atoms with Gasteiger partial charge in [0.15, 0.2) is 0 Å². The van der Waals surface area contributed by atoms with Gasteiger partial charge in [-0.1, -0.05) is 11.6 Å². The van der Waals surface area contributed by atoms with Gasteiger partial charge in [-0.3, -0.25) is 9.59 Å². The third-order valence-electron chi connectivity index (χ3n) is 3.93. The van der Waals surface area contributed by atoms with Gasteiger partial charge in [0.2, 0.25) is 0 Å². The molecule has 0 aliphatic carbocycles. The van der Waals surface area contributed by atoms with Crippen molar-refractivity contribution in [2.75, 3.05) is 17.2 Å². The van der Waals surface area contributed by atoms with E-state index in [1.54, 1.807) is 72.8 Å². The fourth-order valence-corrected chi connectivity index (χ4v) is 2.64. The summed E-state index contributed by atoms with van der Waals surface area (Å²) in [4.78, 5) is 24.7. The molecule has 0 spiro atoms. The SMILES string of the molecule is CCOc1ccc(NC(=O)c2ccc(C(=O)Nc3ccc(Cl)cc3)cc2)cc1. The number of rotatable bonds is 6. The van der Waals surface area contributed by atoms with Crippen LogP contribution in [0.15, 0.2) is 72.8 Å². The lowest BCUT2D eigenvalue weighted by atomic mass is 10.1. The predicted octanol–water partition coefficient (Wildman–Crippen LogP) is 5.24. The Hall–Kier alpha value is -3.31. The van der Waals surface area contributed by atoms with Crippen LogP contribution < -0.4 is 15.4 Å². The highest BCUT2D eigenvalue weighted by atomic mass is 35.5. The molecule has 0 fully saturated rings. The molecule has 3 rings (SSSR count). The Morgan fingerprint density at radius 2 is 1.18 bits per heavy atom. The highest BCUT2D eigenvalue weighted by Gasteiger charge is 2.10. The van der Waals surface area contributed by atoms with E-state index in [4.69, 9.17) is 16.3 Å². The van der Waals surface area contributed by atoms with E-state index in [2.05, 4.69) is 10.6 Å². The number of hydrogen-bond acceptors (Lipinski definition) is 3. The molecule has 0 aliphatic rings. The number of carbonyl (C=O) groups is 2. The first-order valence-electron chi connectivity index (χ1n) is 8.76. The first kappa shape index (κ1) is 19.5. The van der Waals surface area contributed by atoms with Gasteiger partial charge in [0.1, 0.15) is 5.75 Å². The van der Waals surface area contributed by atoms with Crippen molar-refractivity contribution in [3.05, 3.63) is 88.9 Å². The molecule has 0 aliphatic heterocycles. The fraction of sp³-hybridized carbons (Fsp3) is 0.0909. The zero-order valence-electron chi connectivity index (χ0n) is 15.2. The van der Waals surface area contributed by atoms with Gasteiger partial charge in [-0.15, -0.1) is 0 Å². The van der Waals surface area contributed by atoms with Crippen molar-refractivity contribution in [1.82, 2.24) is 0 Å². The monoisotopic (exact) mass is 394 g/mol. The molecule has 3 aromatic rings. The highest BCUT2D eigenvalue weighted by molar-refractivity contribution is 6.30. The Balaban J connectivity index is 1.61. The van der Waals surface area contributed by atoms with Crippen molar-refractivity contribution >= 4 is 34.8 Å². The summed E-state index contributed by atoms with van der Waals surface area (Å²) in [5.74, 6) is 0.228. The zero-order chi connectivity index (χ0) is 19.9. The van der Waals surface area contributed by atoms with Crippen molar-refractivity contribution in [2.45, 2.75) is 6.92 Å². The number of carbonyl (C=O) groups excluding carboxylic acids is 2. The molecule has 0 aromatic heterocycles. The highest BCUT2D eigenvalue weighted by Crippen LogP contribution is 2.17. The quantitative estimate of drug-likeness (QED) is 0.600. The summed E-state index contributed by atoms with van der Waals surface area (Å²) in [7, 11) is 0. The number of anilines is 2. The van der Waals surface area contributed by atoms with Crippen LogP contribution in [-0.4, -0.2) is 18.4 Å². The molecule has 0 unspecified atom stereocenters. The number of nitrogens with one attached hydrogen (secondary N) is 2. The van der Waals surface area contributed by atoms with E-state index in [-0.39, 0.29) is 11.8 Å². The third kappa shape index (κ3) is 5.11. The number of benzene rings is 3. The second-order valence-electron chi connectivity index (χ2n) is 5.95. The average Bonchev–Trinajstić information content (AvgIpc) is 2.71. The molecule has 142 valence electrons. The summed E-state index contributed by atoms with van der Waals surface area (Å²) < 4.78 is 5.38. The van der Waals surface area contributed by atoms with Crippen molar-refractivity contribution in [1.29, 1.82) is 0 Å². The Morgan fingerprint density at radius 3 is 1.61 bits per heavy atom. The molecule has 0 radical (unpaired) electrons. The summed E-state index contributed by atoms with van der Waals surface area (Å²) in [6.45, 7) is 2.50. The maximum atomic E-state index is 12.4. The van der Waals surface area contributed by atoms with E-state index in [1.165, 1.54) is 0 Å². The first-order valence-corrected chi connectivity index (χ1v) is 9.14. The van der Waals surface area contributed by atoms with Crippen LogP contribution in [0.4, 0.5) is 11.4 Å². The van der Waals surface area contributed by atoms with Gasteiger partial charge in [-0.25, -0.2) is 0 Å². The summed E-state index contributed by atoms with van der Waals surface area (Å²) in [6, 6.07) is 20.4. The number of ether oxygens (including phenoxy) is 1. The van der Waals surface area contributed by atoms with Gasteiger partial charge in [-0.2, -0.15) is 0 Å². The number of amides is 2. The van der Waals surface area contributed by atoms with Gasteiger partial charge in [0.05, 0.1) is 6.61 Å². The summed E-state index contributed by atoms with van der Waals surface area (Å²) in [5.41, 5.74) is 2.22. The fourth-order valence-electron chi connectivity index (χ4n) is 2.51. The Bertz CT molecular complexity index is 953. The van der Waals surface area contributed by atoms with E-state index in [9.17, 15) is 9.59 Å². The minimum Gasteiger partial charge on any atom is -0.494 e. The van der Waals surface area contributed by atoms with Gasteiger partial charge in [0, 0.05) is 27.5 Å². The van der Waals surface area contributed by atoms with Gasteiger partial charge >= 0.3 is 0 Å². The van der Waals surface area contributed by atoms with Gasteiger partial charge in [-0.05, 0) is 79.7 Å². The molecular formula is C22H19ClN2O3. The zero-order valence-corrected chi connectivity index (χ0v) is 16.0. The van der Waals surface area contributed by atoms with Crippen LogP contribution in [0.2, 0.25) is 5.02 Å². The molecule has 0 atom stereocenters. The Labute approximate surface area is 168 Å². The number of hydrogen-bond donors (Lipinski definition) is 2. The third-order valence-corrected chi connectivity index (χ3v) is 4.19. The topological polar surface area (TPSA) is 67.4 Å². The minimum absolute atomic E-state index is 0.256. The molecule has 2 amide bonds. The van der Waals surface area contributed by atoms with E-state index in [0.29, 0.717) is 34.1 Å². The van der Waals surface area contributed by atoms with Crippen LogP contribution in [0.3, 0.4) is 0 Å². The Morgan fingerprint density at radius 1 is 0.750 bits per heavy atom. The van der Waals surface area contributed by atoms with Crippen LogP contribution in [-0.2, 0) is 0 Å². The lowest BCUT2D eigenvalue weighted by Crippen LogP contribution is -2.14. The average molecular weight is 395 g/mol.